The molecule has 16 heteroatoms. The van der Waals surface area contributed by atoms with Crippen molar-refractivity contribution in [2.24, 2.45) is 5.73 Å². The third-order valence-corrected chi connectivity index (χ3v) is 18.5. The highest BCUT2D eigenvalue weighted by atomic mass is 32.2. The van der Waals surface area contributed by atoms with Gasteiger partial charge in [-0.15, -0.1) is 0 Å². The Morgan fingerprint density at radius 1 is 0.694 bits per heavy atom. The van der Waals surface area contributed by atoms with Gasteiger partial charge in [-0.25, -0.2) is 13.1 Å². The summed E-state index contributed by atoms with van der Waals surface area (Å²) in [6.07, 6.45) is 0.329. The Balaban J connectivity index is 1.76. The standard InChI is InChI=1S/C33H52N2O10SSi3/c1-6-41-48(39,42-7-2)26-27-49(43-8-3,44-9-4)45-47(38,40-5)25-24-28-20-22-31(23-21-28)46(36,37)35-33(30-18-14-11-15-19-30)32(34)29-16-12-10-13-17-29/h10-23,32-33,35,38-39H,6-9,24-27,34H2,1-5H3/t32-,33-,47?/m0/s1. The molecule has 0 aliphatic heterocycles. The van der Waals surface area contributed by atoms with Crippen molar-refractivity contribution < 1.29 is 44.3 Å². The SMILES string of the molecule is CCO[Si](O)(CC[Si](OCC)(OCC)O[Si](O)(CCc1ccc(S(=O)(=O)N[C@@H](c2ccccc2)[C@@H](N)c2ccccc2)cc1)OC)OCC. The Bertz CT molecular complexity index is 1480. The normalized spacial score (nSPS) is 15.1. The lowest BCUT2D eigenvalue weighted by atomic mass is 9.95. The van der Waals surface area contributed by atoms with E-state index in [0.717, 1.165) is 16.7 Å². The summed E-state index contributed by atoms with van der Waals surface area (Å²) in [5, 5.41) is 0. The molecular weight excluding hydrogens is 701 g/mol. The van der Waals surface area contributed by atoms with E-state index >= 15 is 0 Å². The second-order valence-electron chi connectivity index (χ2n) is 11.2. The van der Waals surface area contributed by atoms with Crippen molar-refractivity contribution in [1.29, 1.82) is 0 Å². The van der Waals surface area contributed by atoms with Crippen LogP contribution in [0.15, 0.2) is 89.8 Å². The Labute approximate surface area is 294 Å². The minimum absolute atomic E-state index is 0.0762. The average molecular weight is 753 g/mol. The second-order valence-corrected chi connectivity index (χ2v) is 21.0. The third-order valence-electron chi connectivity index (χ3n) is 7.80. The van der Waals surface area contributed by atoms with Crippen molar-refractivity contribution in [1.82, 2.24) is 4.72 Å². The van der Waals surface area contributed by atoms with E-state index in [9.17, 15) is 18.0 Å². The number of rotatable bonds is 23. The molecule has 3 rings (SSSR count). The smallest absolute Gasteiger partial charge is 0.390 e. The highest BCUT2D eigenvalue weighted by Gasteiger charge is 2.53. The van der Waals surface area contributed by atoms with Crippen LogP contribution in [-0.4, -0.2) is 78.0 Å². The van der Waals surface area contributed by atoms with Crippen molar-refractivity contribution in [2.75, 3.05) is 33.5 Å². The molecule has 1 unspecified atom stereocenters. The number of hydrogen-bond donors (Lipinski definition) is 4. The fourth-order valence-electron chi connectivity index (χ4n) is 5.37. The largest absolute Gasteiger partial charge is 0.498 e. The van der Waals surface area contributed by atoms with E-state index in [0.29, 0.717) is 6.42 Å². The van der Waals surface area contributed by atoms with E-state index < -0.39 is 48.5 Å². The van der Waals surface area contributed by atoms with Crippen LogP contribution in [-0.2, 0) is 42.7 Å². The lowest BCUT2D eigenvalue weighted by Crippen LogP contribution is -2.58. The van der Waals surface area contributed by atoms with Crippen LogP contribution in [0.3, 0.4) is 0 Å². The van der Waals surface area contributed by atoms with Crippen LogP contribution in [0, 0.1) is 0 Å². The van der Waals surface area contributed by atoms with Gasteiger partial charge in [-0.3, -0.25) is 0 Å². The van der Waals surface area contributed by atoms with Gasteiger partial charge in [-0.1, -0.05) is 72.8 Å². The van der Waals surface area contributed by atoms with E-state index in [1.165, 1.54) is 19.2 Å². The summed E-state index contributed by atoms with van der Waals surface area (Å²) in [4.78, 5) is 22.7. The summed E-state index contributed by atoms with van der Waals surface area (Å²) >= 11 is 0. The number of aryl methyl sites for hydroxylation is 1. The lowest BCUT2D eigenvalue weighted by Gasteiger charge is -2.36. The fraction of sp³-hybridized carbons (Fsp3) is 0.455. The quantitative estimate of drug-likeness (QED) is 0.100. The first-order valence-electron chi connectivity index (χ1n) is 16.6. The van der Waals surface area contributed by atoms with Crippen molar-refractivity contribution in [3.8, 4) is 0 Å². The van der Waals surface area contributed by atoms with Crippen LogP contribution in [0.5, 0.6) is 0 Å². The monoisotopic (exact) mass is 752 g/mol. The maximum absolute atomic E-state index is 13.6. The van der Waals surface area contributed by atoms with Crippen molar-refractivity contribution in [2.45, 2.75) is 69.2 Å². The second kappa shape index (κ2) is 19.5. The van der Waals surface area contributed by atoms with Gasteiger partial charge in [-0.2, -0.15) is 0 Å². The van der Waals surface area contributed by atoms with Crippen LogP contribution < -0.4 is 10.5 Å². The Morgan fingerprint density at radius 2 is 1.20 bits per heavy atom. The average Bonchev–Trinajstić information content (AvgIpc) is 3.10. The third kappa shape index (κ3) is 12.3. The molecule has 3 aromatic carbocycles. The molecule has 0 radical (unpaired) electrons. The van der Waals surface area contributed by atoms with Gasteiger partial charge in [0.15, 0.2) is 0 Å². The molecule has 0 amide bonds. The van der Waals surface area contributed by atoms with Gasteiger partial charge in [0.05, 0.1) is 17.0 Å². The van der Waals surface area contributed by atoms with Crippen LogP contribution in [0.25, 0.3) is 0 Å². The molecule has 0 bridgehead atoms. The number of hydrogen-bond acceptors (Lipinski definition) is 11. The molecule has 272 valence electrons. The zero-order valence-electron chi connectivity index (χ0n) is 29.0. The number of nitrogens with one attached hydrogen (secondary N) is 1. The zero-order valence-corrected chi connectivity index (χ0v) is 32.9. The minimum atomic E-state index is -3.97. The first kappa shape index (κ1) is 41.3. The molecule has 0 heterocycles. The van der Waals surface area contributed by atoms with Crippen molar-refractivity contribution in [3.05, 3.63) is 102 Å². The molecule has 0 aromatic heterocycles. The van der Waals surface area contributed by atoms with Gasteiger partial charge >= 0.3 is 26.4 Å². The molecule has 3 atom stereocenters. The maximum Gasteiger partial charge on any atom is 0.498 e. The summed E-state index contributed by atoms with van der Waals surface area (Å²) in [5.74, 6) is 0. The molecule has 49 heavy (non-hydrogen) atoms. The summed E-state index contributed by atoms with van der Waals surface area (Å²) < 4.78 is 65.2. The molecule has 12 nitrogen and oxygen atoms in total. The van der Waals surface area contributed by atoms with Crippen molar-refractivity contribution >= 4 is 36.4 Å². The molecule has 0 aliphatic rings. The molecule has 0 fully saturated rings. The summed E-state index contributed by atoms with van der Waals surface area (Å²) in [7, 11) is -13.6. The van der Waals surface area contributed by atoms with Crippen LogP contribution in [0.1, 0.15) is 56.5 Å². The number of sulfonamides is 1. The Hall–Kier alpha value is -2.14. The first-order valence-corrected chi connectivity index (χ1v) is 24.0. The minimum Gasteiger partial charge on any atom is -0.390 e. The van der Waals surface area contributed by atoms with Gasteiger partial charge in [0.2, 0.25) is 10.0 Å². The fourth-order valence-corrected chi connectivity index (χ4v) is 16.0. The van der Waals surface area contributed by atoms with Crippen LogP contribution in [0.2, 0.25) is 18.1 Å². The topological polar surface area (TPSA) is 168 Å². The molecule has 0 aliphatic carbocycles. The van der Waals surface area contributed by atoms with Gasteiger partial charge in [0.25, 0.3) is 0 Å². The highest BCUT2D eigenvalue weighted by Crippen LogP contribution is 2.31. The Kier molecular flexibility index (Phi) is 16.4. The van der Waals surface area contributed by atoms with E-state index in [1.54, 1.807) is 39.8 Å². The Morgan fingerprint density at radius 3 is 1.69 bits per heavy atom. The molecule has 3 aromatic rings. The van der Waals surface area contributed by atoms with Gasteiger partial charge in [0.1, 0.15) is 0 Å². The van der Waals surface area contributed by atoms with Gasteiger partial charge in [0, 0.05) is 51.7 Å². The predicted molar refractivity (Wildman–Crippen MR) is 194 cm³/mol. The molecule has 0 spiro atoms. The van der Waals surface area contributed by atoms with E-state index in [-0.39, 0.29) is 49.5 Å². The maximum atomic E-state index is 13.6. The van der Waals surface area contributed by atoms with Crippen LogP contribution >= 0.6 is 0 Å². The van der Waals surface area contributed by atoms with E-state index in [4.69, 9.17) is 32.0 Å². The first-order chi connectivity index (χ1) is 23.4. The number of nitrogens with two attached hydrogens (primary N) is 1. The van der Waals surface area contributed by atoms with Crippen LogP contribution in [0.4, 0.5) is 0 Å². The molecule has 0 saturated carbocycles. The lowest BCUT2D eigenvalue weighted by molar-refractivity contribution is 0.0706. The molecule has 0 saturated heterocycles. The number of benzene rings is 3. The predicted octanol–water partition coefficient (Wildman–Crippen LogP) is 4.56. The van der Waals surface area contributed by atoms with E-state index in [1.807, 2.05) is 60.7 Å². The van der Waals surface area contributed by atoms with E-state index in [2.05, 4.69) is 4.72 Å². The van der Waals surface area contributed by atoms with Gasteiger partial charge in [-0.05, 0) is 62.9 Å². The zero-order chi connectivity index (χ0) is 36.0. The summed E-state index contributed by atoms with van der Waals surface area (Å²) in [6.45, 7) is 8.24. The molecule has 5 N–H and O–H groups in total. The summed E-state index contributed by atoms with van der Waals surface area (Å²) in [5.41, 5.74) is 8.92. The highest BCUT2D eigenvalue weighted by molar-refractivity contribution is 7.89. The summed E-state index contributed by atoms with van der Waals surface area (Å²) in [6, 6.07) is 24.1. The van der Waals surface area contributed by atoms with Gasteiger partial charge < -0.3 is 41.6 Å². The van der Waals surface area contributed by atoms with Crippen molar-refractivity contribution in [3.63, 3.8) is 0 Å². The molecular formula is C33H52N2O10SSi3.